The Morgan fingerprint density at radius 2 is 2.07 bits per heavy atom. The Balaban J connectivity index is 2.08. The fraction of sp³-hybridized carbons (Fsp3) is 0.650. The van der Waals surface area contributed by atoms with E-state index in [1.165, 1.54) is 31.0 Å². The molecule has 0 aromatic heterocycles. The minimum atomic E-state index is -3.68. The molecular formula is C20H32ClN3O3S. The molecule has 0 aliphatic carbocycles. The van der Waals surface area contributed by atoms with Gasteiger partial charge in [0.2, 0.25) is 10.0 Å². The van der Waals surface area contributed by atoms with E-state index in [4.69, 9.17) is 11.6 Å². The fourth-order valence-electron chi connectivity index (χ4n) is 3.48. The Morgan fingerprint density at radius 3 is 2.75 bits per heavy atom. The van der Waals surface area contributed by atoms with E-state index in [9.17, 15) is 13.2 Å². The molecule has 0 bridgehead atoms. The highest BCUT2D eigenvalue weighted by Crippen LogP contribution is 2.22. The number of carbonyl (C=O) groups is 1. The minimum absolute atomic E-state index is 0.0398. The van der Waals surface area contributed by atoms with Crippen LogP contribution in [0, 0.1) is 0 Å². The second-order valence-electron chi connectivity index (χ2n) is 7.67. The number of halogens is 1. The van der Waals surface area contributed by atoms with Gasteiger partial charge in [-0.1, -0.05) is 31.4 Å². The van der Waals surface area contributed by atoms with E-state index in [2.05, 4.69) is 21.9 Å². The maximum absolute atomic E-state index is 12.7. The number of unbranched alkanes of at least 4 members (excludes halogenated alkanes) is 1. The van der Waals surface area contributed by atoms with Gasteiger partial charge in [0, 0.05) is 18.6 Å². The van der Waals surface area contributed by atoms with E-state index in [1.807, 2.05) is 0 Å². The van der Waals surface area contributed by atoms with Crippen LogP contribution in [0.5, 0.6) is 0 Å². The standard InChI is InChI=1S/C20H32ClN3O3S/c1-4-5-11-24-12-7-6-8-16(24)14-22-20(25)18-13-17(9-10-19(18)21)28(26,27)23-15(2)3/h9-10,13,15-16,23H,4-8,11-12,14H2,1-3H3,(H,22,25). The molecule has 0 radical (unpaired) electrons. The van der Waals surface area contributed by atoms with Crippen molar-refractivity contribution < 1.29 is 13.2 Å². The Labute approximate surface area is 174 Å². The zero-order valence-electron chi connectivity index (χ0n) is 17.0. The maximum atomic E-state index is 12.7. The molecule has 8 heteroatoms. The largest absolute Gasteiger partial charge is 0.350 e. The zero-order chi connectivity index (χ0) is 20.7. The summed E-state index contributed by atoms with van der Waals surface area (Å²) in [4.78, 5) is 15.2. The molecule has 0 spiro atoms. The van der Waals surface area contributed by atoms with Crippen LogP contribution in [0.2, 0.25) is 5.02 Å². The predicted octanol–water partition coefficient (Wildman–Crippen LogP) is 3.41. The molecule has 1 saturated heterocycles. The van der Waals surface area contributed by atoms with Crippen LogP contribution < -0.4 is 10.0 Å². The van der Waals surface area contributed by atoms with Gasteiger partial charge < -0.3 is 5.32 Å². The van der Waals surface area contributed by atoms with Crippen LogP contribution in [-0.2, 0) is 10.0 Å². The SMILES string of the molecule is CCCCN1CCCCC1CNC(=O)c1cc(S(=O)(=O)NC(C)C)ccc1Cl. The first-order valence-corrected chi connectivity index (χ1v) is 11.9. The van der Waals surface area contributed by atoms with Gasteiger partial charge in [-0.3, -0.25) is 9.69 Å². The van der Waals surface area contributed by atoms with Crippen molar-refractivity contribution in [3.63, 3.8) is 0 Å². The summed E-state index contributed by atoms with van der Waals surface area (Å²) < 4.78 is 27.3. The number of rotatable bonds is 9. The quantitative estimate of drug-likeness (QED) is 0.630. The van der Waals surface area contributed by atoms with Crippen LogP contribution in [-0.4, -0.2) is 50.9 Å². The lowest BCUT2D eigenvalue weighted by Crippen LogP contribution is -2.47. The summed E-state index contributed by atoms with van der Waals surface area (Å²) in [7, 11) is -3.68. The number of sulfonamides is 1. The number of carbonyl (C=O) groups excluding carboxylic acids is 1. The molecule has 0 saturated carbocycles. The lowest BCUT2D eigenvalue weighted by atomic mass is 10.0. The summed E-state index contributed by atoms with van der Waals surface area (Å²) in [5.74, 6) is -0.340. The molecule has 28 heavy (non-hydrogen) atoms. The zero-order valence-corrected chi connectivity index (χ0v) is 18.6. The molecule has 6 nitrogen and oxygen atoms in total. The van der Waals surface area contributed by atoms with Gasteiger partial charge >= 0.3 is 0 Å². The van der Waals surface area contributed by atoms with Gasteiger partial charge in [0.05, 0.1) is 15.5 Å². The van der Waals surface area contributed by atoms with Crippen molar-refractivity contribution >= 4 is 27.5 Å². The highest BCUT2D eigenvalue weighted by Gasteiger charge is 2.24. The number of hydrogen-bond acceptors (Lipinski definition) is 4. The number of benzene rings is 1. The molecular weight excluding hydrogens is 398 g/mol. The lowest BCUT2D eigenvalue weighted by Gasteiger charge is -2.35. The Kier molecular flexibility index (Phi) is 8.74. The summed E-state index contributed by atoms with van der Waals surface area (Å²) >= 11 is 6.18. The second-order valence-corrected chi connectivity index (χ2v) is 9.79. The molecule has 1 aliphatic heterocycles. The van der Waals surface area contributed by atoms with Crippen molar-refractivity contribution in [2.24, 2.45) is 0 Å². The van der Waals surface area contributed by atoms with Gasteiger partial charge in [-0.2, -0.15) is 0 Å². The van der Waals surface area contributed by atoms with Crippen molar-refractivity contribution in [2.45, 2.75) is 69.9 Å². The summed E-state index contributed by atoms with van der Waals surface area (Å²) in [5, 5.41) is 3.20. The smallest absolute Gasteiger partial charge is 0.252 e. The molecule has 1 aromatic rings. The van der Waals surface area contributed by atoms with Crippen LogP contribution in [0.25, 0.3) is 0 Å². The van der Waals surface area contributed by atoms with Gasteiger partial charge in [0.1, 0.15) is 0 Å². The number of piperidine rings is 1. The van der Waals surface area contributed by atoms with Crippen molar-refractivity contribution in [1.29, 1.82) is 0 Å². The normalized spacial score (nSPS) is 18.4. The molecule has 2 rings (SSSR count). The van der Waals surface area contributed by atoms with Crippen LogP contribution in [0.15, 0.2) is 23.1 Å². The number of hydrogen-bond donors (Lipinski definition) is 2. The molecule has 1 atom stereocenters. The third-order valence-corrected chi connectivity index (χ3v) is 6.92. The van der Waals surface area contributed by atoms with E-state index in [0.717, 1.165) is 32.4 Å². The first kappa shape index (κ1) is 23.1. The molecule has 1 amide bonds. The summed E-state index contributed by atoms with van der Waals surface area (Å²) in [5.41, 5.74) is 0.184. The molecule has 1 fully saturated rings. The highest BCUT2D eigenvalue weighted by atomic mass is 35.5. The third kappa shape index (κ3) is 6.44. The van der Waals surface area contributed by atoms with Crippen molar-refractivity contribution in [1.82, 2.24) is 14.9 Å². The fourth-order valence-corrected chi connectivity index (χ4v) is 4.96. The number of likely N-dealkylation sites (tertiary alicyclic amines) is 1. The topological polar surface area (TPSA) is 78.5 Å². The Hall–Kier alpha value is -1.15. The van der Waals surface area contributed by atoms with Gasteiger partial charge in [-0.25, -0.2) is 13.1 Å². The van der Waals surface area contributed by atoms with Gasteiger partial charge in [-0.15, -0.1) is 0 Å². The van der Waals surface area contributed by atoms with E-state index < -0.39 is 10.0 Å². The average Bonchev–Trinajstić information content (AvgIpc) is 2.64. The van der Waals surface area contributed by atoms with E-state index in [0.29, 0.717) is 12.6 Å². The Bertz CT molecular complexity index is 768. The van der Waals surface area contributed by atoms with Crippen molar-refractivity contribution in [3.05, 3.63) is 28.8 Å². The number of nitrogens with one attached hydrogen (secondary N) is 2. The van der Waals surface area contributed by atoms with E-state index >= 15 is 0 Å². The second kappa shape index (κ2) is 10.6. The van der Waals surface area contributed by atoms with Crippen LogP contribution in [0.1, 0.15) is 63.2 Å². The van der Waals surface area contributed by atoms with Crippen molar-refractivity contribution in [2.75, 3.05) is 19.6 Å². The summed E-state index contributed by atoms with van der Waals surface area (Å²) in [6, 6.07) is 4.30. The first-order valence-electron chi connectivity index (χ1n) is 10.1. The van der Waals surface area contributed by atoms with Crippen LogP contribution >= 0.6 is 11.6 Å². The third-order valence-electron chi connectivity index (χ3n) is 4.93. The van der Waals surface area contributed by atoms with E-state index in [-0.39, 0.29) is 27.4 Å². The van der Waals surface area contributed by atoms with Gasteiger partial charge in [-0.05, 0) is 64.4 Å². The summed E-state index contributed by atoms with van der Waals surface area (Å²) in [6.07, 6.45) is 5.72. The molecule has 2 N–H and O–H groups in total. The van der Waals surface area contributed by atoms with Gasteiger partial charge in [0.25, 0.3) is 5.91 Å². The van der Waals surface area contributed by atoms with Crippen LogP contribution in [0.4, 0.5) is 0 Å². The van der Waals surface area contributed by atoms with Gasteiger partial charge in [0.15, 0.2) is 0 Å². The number of nitrogens with zero attached hydrogens (tertiary/aromatic N) is 1. The lowest BCUT2D eigenvalue weighted by molar-refractivity contribution is 0.0912. The monoisotopic (exact) mass is 429 g/mol. The van der Waals surface area contributed by atoms with Crippen LogP contribution in [0.3, 0.4) is 0 Å². The molecule has 1 unspecified atom stereocenters. The first-order chi connectivity index (χ1) is 13.2. The molecule has 1 aromatic carbocycles. The predicted molar refractivity (Wildman–Crippen MR) is 113 cm³/mol. The Morgan fingerprint density at radius 1 is 1.32 bits per heavy atom. The molecule has 158 valence electrons. The molecule has 1 aliphatic rings. The highest BCUT2D eigenvalue weighted by molar-refractivity contribution is 7.89. The molecule has 1 heterocycles. The average molecular weight is 430 g/mol. The maximum Gasteiger partial charge on any atom is 0.252 e. The summed E-state index contributed by atoms with van der Waals surface area (Å²) in [6.45, 7) is 8.32. The van der Waals surface area contributed by atoms with Crippen molar-refractivity contribution in [3.8, 4) is 0 Å². The van der Waals surface area contributed by atoms with E-state index in [1.54, 1.807) is 13.8 Å². The number of amides is 1. The minimum Gasteiger partial charge on any atom is -0.350 e.